The van der Waals surface area contributed by atoms with E-state index in [4.69, 9.17) is 10.3 Å². The molecule has 4 aromatic rings. The number of nitrogens with two attached hydrogens (primary N) is 2. The SMILES string of the molecule is CC(C)(O)c1cc(F)c(S(N)(=O)=NC(=O)Nc2c3c(c(CC(C)(O)c4cc(F)c(S(N)(=O)=NC(=O)Nc5c6c(cc7c5CCC7)CCC6)s4)c4c2CCC4)CCC3)s1. The second-order valence-electron chi connectivity index (χ2n) is 16.4. The molecular weight excluding hydrogens is 827 g/mol. The van der Waals surface area contributed by atoms with Gasteiger partial charge in [-0.1, -0.05) is 6.07 Å². The first-order valence-electron chi connectivity index (χ1n) is 19.3. The number of carbonyl (C=O) groups excluding carboxylic acids is 2. The summed E-state index contributed by atoms with van der Waals surface area (Å²) < 4.78 is 64.3. The zero-order chi connectivity index (χ0) is 41.5. The van der Waals surface area contributed by atoms with E-state index in [0.29, 0.717) is 48.4 Å². The molecule has 0 aliphatic heterocycles. The van der Waals surface area contributed by atoms with Crippen LogP contribution in [0.15, 0.2) is 35.3 Å². The summed E-state index contributed by atoms with van der Waals surface area (Å²) in [4.78, 5) is 26.9. The van der Waals surface area contributed by atoms with Gasteiger partial charge < -0.3 is 20.8 Å². The average molecular weight is 873 g/mol. The van der Waals surface area contributed by atoms with Gasteiger partial charge in [-0.3, -0.25) is 0 Å². The Balaban J connectivity index is 1.06. The summed E-state index contributed by atoms with van der Waals surface area (Å²) in [5, 5.41) is 40.0. The fourth-order valence-corrected chi connectivity index (χ4v) is 13.8. The number of halogens is 2. The van der Waals surface area contributed by atoms with Gasteiger partial charge in [0.1, 0.15) is 5.60 Å². The van der Waals surface area contributed by atoms with E-state index < -0.39 is 63.1 Å². The van der Waals surface area contributed by atoms with Gasteiger partial charge in [0, 0.05) is 27.5 Å². The highest BCUT2D eigenvalue weighted by atomic mass is 32.2. The van der Waals surface area contributed by atoms with Crippen LogP contribution in [0.5, 0.6) is 0 Å². The maximum Gasteiger partial charge on any atom is 0.354 e. The van der Waals surface area contributed by atoms with Crippen molar-refractivity contribution in [2.24, 2.45) is 19.0 Å². The molecule has 310 valence electrons. The standard InChI is InChI=1S/C40H46F2N6O6S4/c1-39(2,51)31-17-29(41)35(55-31)57(43,53)48-38(50)46-34-26-14-6-12-24(26)28(25-13-7-15-27(25)34)19-40(3,52)32-18-30(42)36(56-32)58(44,54)47-37(49)45-33-22-10-4-8-20(22)16-21-9-5-11-23(21)33/h16-18,51-52H,4-15,19H2,1-3H3,(H3,43,46,48,50,53)(H3,44,45,47,49,54). The molecule has 8 rings (SSSR count). The minimum atomic E-state index is -4.04. The molecule has 0 bridgehead atoms. The van der Waals surface area contributed by atoms with Crippen molar-refractivity contribution in [1.29, 1.82) is 0 Å². The van der Waals surface area contributed by atoms with E-state index in [2.05, 4.69) is 25.4 Å². The number of fused-ring (bicyclic) bond motifs is 4. The van der Waals surface area contributed by atoms with Gasteiger partial charge in [0.25, 0.3) is 0 Å². The Labute approximate surface area is 344 Å². The number of hydrogen-bond acceptors (Lipinski definition) is 8. The molecule has 8 N–H and O–H groups in total. The van der Waals surface area contributed by atoms with Gasteiger partial charge in [-0.25, -0.2) is 37.1 Å². The highest BCUT2D eigenvalue weighted by Crippen LogP contribution is 2.46. The molecule has 0 radical (unpaired) electrons. The number of nitrogens with one attached hydrogen (secondary N) is 2. The second kappa shape index (κ2) is 14.8. The summed E-state index contributed by atoms with van der Waals surface area (Å²) in [6, 6.07) is 2.43. The van der Waals surface area contributed by atoms with Gasteiger partial charge in [-0.15, -0.1) is 31.4 Å². The van der Waals surface area contributed by atoms with E-state index in [1.165, 1.54) is 25.0 Å². The molecule has 4 aliphatic carbocycles. The van der Waals surface area contributed by atoms with Crippen molar-refractivity contribution in [3.63, 3.8) is 0 Å². The Morgan fingerprint density at radius 3 is 1.53 bits per heavy atom. The van der Waals surface area contributed by atoms with Crippen molar-refractivity contribution < 1.29 is 37.0 Å². The lowest BCUT2D eigenvalue weighted by Gasteiger charge is -2.27. The van der Waals surface area contributed by atoms with Gasteiger partial charge in [0.15, 0.2) is 39.9 Å². The number of nitrogens with zero attached hydrogens (tertiary/aromatic N) is 2. The van der Waals surface area contributed by atoms with Gasteiger partial charge in [0.2, 0.25) is 0 Å². The highest BCUT2D eigenvalue weighted by Gasteiger charge is 2.36. The largest absolute Gasteiger partial charge is 0.385 e. The van der Waals surface area contributed by atoms with E-state index in [-0.39, 0.29) is 16.2 Å². The van der Waals surface area contributed by atoms with Crippen LogP contribution in [0.4, 0.5) is 29.7 Å². The van der Waals surface area contributed by atoms with Crippen molar-refractivity contribution >= 4 is 65.9 Å². The maximum atomic E-state index is 15.7. The molecule has 0 fully saturated rings. The first kappa shape index (κ1) is 41.1. The number of amides is 4. The molecule has 3 atom stereocenters. The molecular formula is C40H46F2N6O6S4. The summed E-state index contributed by atoms with van der Waals surface area (Å²) in [5.41, 5.74) is 7.08. The van der Waals surface area contributed by atoms with E-state index in [1.54, 1.807) is 6.92 Å². The third kappa shape index (κ3) is 7.54. The minimum Gasteiger partial charge on any atom is -0.385 e. The van der Waals surface area contributed by atoms with Gasteiger partial charge in [-0.2, -0.15) is 0 Å². The molecule has 18 heteroatoms. The molecule has 2 aromatic heterocycles. The Kier molecular flexibility index (Phi) is 10.5. The number of aliphatic hydroxyl groups is 2. The quantitative estimate of drug-likeness (QED) is 0.105. The molecule has 0 saturated heterocycles. The van der Waals surface area contributed by atoms with Gasteiger partial charge in [0.05, 0.1) is 5.60 Å². The smallest absolute Gasteiger partial charge is 0.354 e. The summed E-state index contributed by atoms with van der Waals surface area (Å²) in [6.07, 6.45) is 9.50. The number of aryl methyl sites for hydroxylation is 2. The van der Waals surface area contributed by atoms with Gasteiger partial charge in [-0.05, 0) is 160 Å². The summed E-state index contributed by atoms with van der Waals surface area (Å²) in [5.74, 6) is -1.86. The average Bonchev–Trinajstić information content (AvgIpc) is 3.96. The van der Waals surface area contributed by atoms with Crippen molar-refractivity contribution in [1.82, 2.24) is 0 Å². The minimum absolute atomic E-state index is 0.0705. The third-order valence-corrected chi connectivity index (χ3v) is 18.3. The Bertz CT molecular complexity index is 2610. The summed E-state index contributed by atoms with van der Waals surface area (Å²) in [7, 11) is -8.04. The molecule has 12 nitrogen and oxygen atoms in total. The first-order chi connectivity index (χ1) is 27.2. The lowest BCUT2D eigenvalue weighted by atomic mass is 9.85. The van der Waals surface area contributed by atoms with Crippen molar-refractivity contribution in [2.45, 2.75) is 124 Å². The van der Waals surface area contributed by atoms with E-state index in [1.807, 2.05) is 0 Å². The number of anilines is 2. The van der Waals surface area contributed by atoms with Crippen LogP contribution in [0.3, 0.4) is 0 Å². The number of thiophene rings is 2. The van der Waals surface area contributed by atoms with Crippen LogP contribution in [0.1, 0.15) is 106 Å². The molecule has 2 heterocycles. The summed E-state index contributed by atoms with van der Waals surface area (Å²) >= 11 is 1.41. The molecule has 3 unspecified atom stereocenters. The number of benzene rings is 2. The topological polar surface area (TPSA) is 210 Å². The molecule has 0 saturated carbocycles. The third-order valence-electron chi connectivity index (χ3n) is 11.6. The normalized spacial score (nSPS) is 18.7. The molecule has 0 spiro atoms. The van der Waals surface area contributed by atoms with Crippen LogP contribution >= 0.6 is 22.7 Å². The monoisotopic (exact) mass is 872 g/mol. The van der Waals surface area contributed by atoms with E-state index in [9.17, 15) is 32.6 Å². The second-order valence-corrected chi connectivity index (χ2v) is 22.5. The van der Waals surface area contributed by atoms with Crippen molar-refractivity contribution in [3.8, 4) is 0 Å². The van der Waals surface area contributed by atoms with Crippen molar-refractivity contribution in [3.05, 3.63) is 89.7 Å². The Morgan fingerprint density at radius 1 is 0.672 bits per heavy atom. The lowest BCUT2D eigenvalue weighted by molar-refractivity contribution is 0.0608. The Morgan fingerprint density at radius 2 is 1.07 bits per heavy atom. The highest BCUT2D eigenvalue weighted by molar-refractivity contribution is 7.94. The van der Waals surface area contributed by atoms with E-state index in [0.717, 1.165) is 114 Å². The molecule has 4 aliphatic rings. The van der Waals surface area contributed by atoms with E-state index >= 15 is 4.39 Å². The molecule has 2 aromatic carbocycles. The Hall–Kier alpha value is -3.62. The van der Waals surface area contributed by atoms with Crippen LogP contribution in [0.2, 0.25) is 0 Å². The number of carbonyl (C=O) groups is 2. The number of rotatable bonds is 8. The fourth-order valence-electron chi connectivity index (χ4n) is 9.09. The lowest BCUT2D eigenvalue weighted by Crippen LogP contribution is -2.25. The fraction of sp³-hybridized carbons (Fsp3) is 0.450. The zero-order valence-electron chi connectivity index (χ0n) is 32.4. The number of hydrogen-bond donors (Lipinski definition) is 6. The van der Waals surface area contributed by atoms with Crippen molar-refractivity contribution in [2.75, 3.05) is 10.6 Å². The zero-order valence-corrected chi connectivity index (χ0v) is 35.7. The summed E-state index contributed by atoms with van der Waals surface area (Å²) in [6.45, 7) is 4.44. The van der Waals surface area contributed by atoms with Crippen LogP contribution in [-0.4, -0.2) is 30.7 Å². The predicted molar refractivity (Wildman–Crippen MR) is 222 cm³/mol. The van der Waals surface area contributed by atoms with Crippen LogP contribution in [0.25, 0.3) is 0 Å². The molecule has 58 heavy (non-hydrogen) atoms. The van der Waals surface area contributed by atoms with Crippen LogP contribution in [0, 0.1) is 11.6 Å². The molecule has 4 amide bonds. The van der Waals surface area contributed by atoms with Gasteiger partial charge >= 0.3 is 12.1 Å². The maximum absolute atomic E-state index is 15.7. The van der Waals surface area contributed by atoms with Crippen LogP contribution < -0.4 is 20.9 Å². The predicted octanol–water partition coefficient (Wildman–Crippen LogP) is 7.59. The number of urea groups is 2. The van der Waals surface area contributed by atoms with Crippen LogP contribution in [-0.2, 0) is 88.8 Å². The first-order valence-corrected chi connectivity index (χ1v) is 24.1.